The third-order valence-electron chi connectivity index (χ3n) is 4.91. The Bertz CT molecular complexity index is 852. The van der Waals surface area contributed by atoms with Crippen molar-refractivity contribution in [3.63, 3.8) is 0 Å². The van der Waals surface area contributed by atoms with Crippen molar-refractivity contribution in [2.45, 2.75) is 39.0 Å². The van der Waals surface area contributed by atoms with Gasteiger partial charge in [-0.05, 0) is 30.7 Å². The molecule has 1 unspecified atom stereocenters. The number of nitrogens with one attached hydrogen (secondary N) is 3. The first-order valence-electron chi connectivity index (χ1n) is 9.58. The monoisotopic (exact) mass is 428 g/mol. The summed E-state index contributed by atoms with van der Waals surface area (Å²) >= 11 is 1.64. The molecule has 156 valence electrons. The maximum atomic E-state index is 12.5. The van der Waals surface area contributed by atoms with Crippen LogP contribution in [0.5, 0.6) is 0 Å². The highest BCUT2D eigenvalue weighted by atomic mass is 35.5. The quantitative estimate of drug-likeness (QED) is 0.529. The van der Waals surface area contributed by atoms with Gasteiger partial charge in [-0.1, -0.05) is 6.92 Å². The maximum absolute atomic E-state index is 12.5. The van der Waals surface area contributed by atoms with E-state index in [1.807, 2.05) is 0 Å². The molecule has 2 aromatic heterocycles. The predicted molar refractivity (Wildman–Crippen MR) is 115 cm³/mol. The Morgan fingerprint density at radius 1 is 1.36 bits per heavy atom. The molecule has 28 heavy (non-hydrogen) atoms. The molecular formula is C19H29ClN4O3S. The molecule has 1 aliphatic carbocycles. The number of carbonyl (C=O) groups excluding carboxylic acids is 1. The van der Waals surface area contributed by atoms with E-state index >= 15 is 0 Å². The zero-order valence-electron chi connectivity index (χ0n) is 16.4. The zero-order chi connectivity index (χ0) is 19.2. The number of methoxy groups -OCH3 is 1. The number of nitrogens with zero attached hydrogens (tertiary/aromatic N) is 1. The number of rotatable bonds is 9. The van der Waals surface area contributed by atoms with Crippen LogP contribution in [0.3, 0.4) is 0 Å². The molecule has 0 aromatic carbocycles. The summed E-state index contributed by atoms with van der Waals surface area (Å²) in [7, 11) is 1.66. The van der Waals surface area contributed by atoms with Gasteiger partial charge in [0.2, 0.25) is 5.91 Å². The average Bonchev–Trinajstić information content (AvgIpc) is 3.00. The van der Waals surface area contributed by atoms with Crippen LogP contribution in [0.2, 0.25) is 0 Å². The van der Waals surface area contributed by atoms with E-state index in [1.54, 1.807) is 18.4 Å². The van der Waals surface area contributed by atoms with Crippen LogP contribution in [0, 0.1) is 5.92 Å². The van der Waals surface area contributed by atoms with Crippen molar-refractivity contribution in [3.05, 3.63) is 26.6 Å². The number of hydrogen-bond acceptors (Lipinski definition) is 6. The van der Waals surface area contributed by atoms with Crippen molar-refractivity contribution >= 4 is 39.9 Å². The van der Waals surface area contributed by atoms with Gasteiger partial charge < -0.3 is 20.4 Å². The number of aromatic nitrogens is 2. The number of aryl methyl sites for hydroxylation is 2. The van der Waals surface area contributed by atoms with Crippen molar-refractivity contribution in [2.24, 2.45) is 5.92 Å². The second-order valence-electron chi connectivity index (χ2n) is 7.14. The molecule has 7 nitrogen and oxygen atoms in total. The molecule has 0 saturated heterocycles. The molecule has 0 bridgehead atoms. The third kappa shape index (κ3) is 5.76. The summed E-state index contributed by atoms with van der Waals surface area (Å²) in [5, 5.41) is 6.80. The number of ether oxygens (including phenoxy) is 1. The normalized spacial score (nSPS) is 15.9. The molecule has 0 spiro atoms. The van der Waals surface area contributed by atoms with Gasteiger partial charge in [0.1, 0.15) is 10.7 Å². The van der Waals surface area contributed by atoms with Crippen molar-refractivity contribution < 1.29 is 9.53 Å². The smallest absolute Gasteiger partial charge is 0.259 e. The van der Waals surface area contributed by atoms with E-state index in [-0.39, 0.29) is 23.9 Å². The van der Waals surface area contributed by atoms with Crippen LogP contribution in [0.1, 0.15) is 36.0 Å². The number of amides is 1. The van der Waals surface area contributed by atoms with Gasteiger partial charge in [0.05, 0.1) is 12.0 Å². The number of carbonyl (C=O) groups is 1. The van der Waals surface area contributed by atoms with Gasteiger partial charge in [-0.15, -0.1) is 23.7 Å². The second-order valence-corrected chi connectivity index (χ2v) is 8.22. The number of thiophene rings is 1. The van der Waals surface area contributed by atoms with E-state index in [0.717, 1.165) is 36.0 Å². The average molecular weight is 429 g/mol. The fourth-order valence-electron chi connectivity index (χ4n) is 3.42. The second kappa shape index (κ2) is 10.9. The lowest BCUT2D eigenvalue weighted by Gasteiger charge is -2.17. The van der Waals surface area contributed by atoms with Gasteiger partial charge >= 0.3 is 0 Å². The summed E-state index contributed by atoms with van der Waals surface area (Å²) in [6.07, 6.45) is 3.87. The minimum atomic E-state index is -0.0650. The van der Waals surface area contributed by atoms with Crippen LogP contribution in [0.15, 0.2) is 4.79 Å². The Morgan fingerprint density at radius 2 is 2.18 bits per heavy atom. The molecular weight excluding hydrogens is 400 g/mol. The molecule has 3 N–H and O–H groups in total. The molecule has 2 heterocycles. The van der Waals surface area contributed by atoms with Gasteiger partial charge in [-0.3, -0.25) is 9.59 Å². The van der Waals surface area contributed by atoms with E-state index in [4.69, 9.17) is 4.74 Å². The molecule has 9 heteroatoms. The molecule has 2 aromatic rings. The van der Waals surface area contributed by atoms with Gasteiger partial charge in [0.25, 0.3) is 5.56 Å². The standard InChI is InChI=1S/C19H28N4O3S.ClH/c1-12-3-4-13-14(11-12)27-19-17(13)18(25)22-15(23-19)5-6-16(24)21-8-7-20-9-10-26-2;/h12,20H,3-11H2,1-2H3,(H,21,24)(H,22,23,25);1H. The molecule has 0 fully saturated rings. The van der Waals surface area contributed by atoms with Crippen LogP contribution < -0.4 is 16.2 Å². The third-order valence-corrected chi connectivity index (χ3v) is 6.06. The molecule has 0 aliphatic heterocycles. The first kappa shape index (κ1) is 22.8. The number of H-pyrrole nitrogens is 1. The number of hydrogen-bond donors (Lipinski definition) is 3. The molecule has 3 rings (SSSR count). The summed E-state index contributed by atoms with van der Waals surface area (Å²) in [6.45, 7) is 4.94. The van der Waals surface area contributed by atoms with Crippen molar-refractivity contribution in [3.8, 4) is 0 Å². The largest absolute Gasteiger partial charge is 0.383 e. The van der Waals surface area contributed by atoms with Crippen LogP contribution >= 0.6 is 23.7 Å². The summed E-state index contributed by atoms with van der Waals surface area (Å²) in [5.74, 6) is 1.22. The minimum Gasteiger partial charge on any atom is -0.383 e. The van der Waals surface area contributed by atoms with Crippen molar-refractivity contribution in [2.75, 3.05) is 33.4 Å². The maximum Gasteiger partial charge on any atom is 0.259 e. The molecule has 0 radical (unpaired) electrons. The fourth-order valence-corrected chi connectivity index (χ4v) is 4.82. The minimum absolute atomic E-state index is 0. The Morgan fingerprint density at radius 3 is 2.96 bits per heavy atom. The molecule has 1 atom stereocenters. The summed E-state index contributed by atoms with van der Waals surface area (Å²) in [6, 6.07) is 0. The van der Waals surface area contributed by atoms with Gasteiger partial charge in [0, 0.05) is 44.5 Å². The summed E-state index contributed by atoms with van der Waals surface area (Å²) in [5.41, 5.74) is 1.12. The molecule has 1 amide bonds. The first-order chi connectivity index (χ1) is 13.1. The van der Waals surface area contributed by atoms with Gasteiger partial charge in [-0.25, -0.2) is 4.98 Å². The summed E-state index contributed by atoms with van der Waals surface area (Å²) < 4.78 is 4.94. The van der Waals surface area contributed by atoms with Crippen molar-refractivity contribution in [1.82, 2.24) is 20.6 Å². The lowest BCUT2D eigenvalue weighted by molar-refractivity contribution is -0.121. The fraction of sp³-hybridized carbons (Fsp3) is 0.632. The van der Waals surface area contributed by atoms with Crippen LogP contribution in [0.25, 0.3) is 10.2 Å². The zero-order valence-corrected chi connectivity index (χ0v) is 18.1. The van der Waals surface area contributed by atoms with E-state index in [1.165, 1.54) is 10.4 Å². The van der Waals surface area contributed by atoms with E-state index in [0.29, 0.717) is 44.3 Å². The highest BCUT2D eigenvalue weighted by molar-refractivity contribution is 7.18. The van der Waals surface area contributed by atoms with E-state index in [9.17, 15) is 9.59 Å². The van der Waals surface area contributed by atoms with E-state index < -0.39 is 0 Å². The highest BCUT2D eigenvalue weighted by Gasteiger charge is 2.23. The van der Waals surface area contributed by atoms with Crippen molar-refractivity contribution in [1.29, 1.82) is 0 Å². The van der Waals surface area contributed by atoms with Crippen LogP contribution in [0.4, 0.5) is 0 Å². The predicted octanol–water partition coefficient (Wildman–Crippen LogP) is 1.82. The Kier molecular flexibility index (Phi) is 8.88. The van der Waals surface area contributed by atoms with Gasteiger partial charge in [-0.2, -0.15) is 0 Å². The van der Waals surface area contributed by atoms with E-state index in [2.05, 4.69) is 27.5 Å². The summed E-state index contributed by atoms with van der Waals surface area (Å²) in [4.78, 5) is 34.1. The SMILES string of the molecule is COCCNCCNC(=O)CCc1nc2sc3c(c2c(=O)[nH]1)CCC(C)C3.Cl. The Hall–Kier alpha value is -1.48. The van der Waals surface area contributed by atoms with Crippen LogP contribution in [-0.4, -0.2) is 49.2 Å². The lowest BCUT2D eigenvalue weighted by Crippen LogP contribution is -2.33. The van der Waals surface area contributed by atoms with Gasteiger partial charge in [0.15, 0.2) is 0 Å². The molecule has 1 aliphatic rings. The number of halogens is 1. The Labute approximate surface area is 175 Å². The number of aromatic amines is 1. The number of fused-ring (bicyclic) bond motifs is 3. The lowest BCUT2D eigenvalue weighted by atomic mass is 9.89. The highest BCUT2D eigenvalue weighted by Crippen LogP contribution is 2.35. The Balaban J connectivity index is 0.00000280. The first-order valence-corrected chi connectivity index (χ1v) is 10.4. The van der Waals surface area contributed by atoms with Crippen LogP contribution in [-0.2, 0) is 28.8 Å². The molecule has 0 saturated carbocycles. The topological polar surface area (TPSA) is 96.1 Å².